The van der Waals surface area contributed by atoms with Crippen LogP contribution in [0.25, 0.3) is 11.4 Å². The van der Waals surface area contributed by atoms with Crippen molar-refractivity contribution in [2.24, 2.45) is 0 Å². The molecule has 0 aliphatic carbocycles. The first-order chi connectivity index (χ1) is 13.5. The smallest absolute Gasteiger partial charge is 0.227 e. The van der Waals surface area contributed by atoms with Crippen molar-refractivity contribution in [2.75, 3.05) is 6.54 Å². The fourth-order valence-electron chi connectivity index (χ4n) is 3.76. The Bertz CT molecular complexity index is 998. The molecule has 0 spiro atoms. The molecule has 1 fully saturated rings. The molecule has 6 nitrogen and oxygen atoms in total. The molecule has 1 aliphatic heterocycles. The summed E-state index contributed by atoms with van der Waals surface area (Å²) in [5, 5.41) is 3.96. The highest BCUT2D eigenvalue weighted by molar-refractivity contribution is 5.79. The van der Waals surface area contributed by atoms with Crippen LogP contribution in [-0.2, 0) is 11.2 Å². The number of carbonyl (C=O) groups excluding carboxylic acids is 1. The van der Waals surface area contributed by atoms with Crippen LogP contribution in [0.4, 0.5) is 4.39 Å². The molecule has 0 saturated carbocycles. The van der Waals surface area contributed by atoms with Gasteiger partial charge in [0.05, 0.1) is 29.4 Å². The summed E-state index contributed by atoms with van der Waals surface area (Å²) in [6.07, 6.45) is 3.45. The number of nitrogens with zero attached hydrogens (tertiary/aromatic N) is 4. The molecule has 1 aromatic carbocycles. The Morgan fingerprint density at radius 1 is 1.29 bits per heavy atom. The van der Waals surface area contributed by atoms with Crippen LogP contribution < -0.4 is 0 Å². The van der Waals surface area contributed by atoms with Gasteiger partial charge in [-0.3, -0.25) is 4.79 Å². The highest BCUT2D eigenvalue weighted by Crippen LogP contribution is 2.33. The Balaban J connectivity index is 1.59. The predicted octanol–water partition coefficient (Wildman–Crippen LogP) is 3.79. The standard InChI is InChI=1S/C21H21FN4O2/c1-13-20(14(2)28-25-13)21-23-10-9-17(24-21)18-8-5-11-26(18)19(27)12-15-6-3-4-7-16(15)22/h3-4,6-7,9-10,18H,5,8,11-12H2,1-2H3. The quantitative estimate of drug-likeness (QED) is 0.689. The van der Waals surface area contributed by atoms with Crippen LogP contribution in [0.5, 0.6) is 0 Å². The van der Waals surface area contributed by atoms with Crippen molar-refractivity contribution in [3.05, 3.63) is 65.1 Å². The van der Waals surface area contributed by atoms with E-state index in [0.29, 0.717) is 23.7 Å². The van der Waals surface area contributed by atoms with E-state index < -0.39 is 0 Å². The first-order valence-corrected chi connectivity index (χ1v) is 9.33. The summed E-state index contributed by atoms with van der Waals surface area (Å²) in [6.45, 7) is 4.31. The lowest BCUT2D eigenvalue weighted by atomic mass is 10.1. The molecule has 1 saturated heterocycles. The molecule has 1 unspecified atom stereocenters. The van der Waals surface area contributed by atoms with Gasteiger partial charge in [-0.05, 0) is 44.4 Å². The molecule has 3 heterocycles. The number of hydrogen-bond acceptors (Lipinski definition) is 5. The summed E-state index contributed by atoms with van der Waals surface area (Å²) in [4.78, 5) is 23.7. The van der Waals surface area contributed by atoms with Gasteiger partial charge in [0.25, 0.3) is 0 Å². The van der Waals surface area contributed by atoms with E-state index in [1.165, 1.54) is 6.07 Å². The first kappa shape index (κ1) is 18.3. The molecule has 4 rings (SSSR count). The summed E-state index contributed by atoms with van der Waals surface area (Å²) < 4.78 is 19.2. The number of amides is 1. The second-order valence-corrected chi connectivity index (χ2v) is 7.02. The zero-order chi connectivity index (χ0) is 19.7. The van der Waals surface area contributed by atoms with E-state index in [2.05, 4.69) is 10.1 Å². The maximum absolute atomic E-state index is 13.9. The van der Waals surface area contributed by atoms with E-state index >= 15 is 0 Å². The summed E-state index contributed by atoms with van der Waals surface area (Å²) in [5.41, 5.74) is 2.71. The molecule has 1 amide bonds. The average molecular weight is 380 g/mol. The molecule has 2 aromatic heterocycles. The molecule has 0 radical (unpaired) electrons. The minimum absolute atomic E-state index is 0.0466. The maximum Gasteiger partial charge on any atom is 0.227 e. The molecule has 1 aliphatic rings. The molecule has 28 heavy (non-hydrogen) atoms. The molecule has 0 bridgehead atoms. The van der Waals surface area contributed by atoms with Gasteiger partial charge in [0, 0.05) is 12.7 Å². The van der Waals surface area contributed by atoms with Crippen LogP contribution >= 0.6 is 0 Å². The number of likely N-dealkylation sites (tertiary alicyclic amines) is 1. The van der Waals surface area contributed by atoms with Crippen molar-refractivity contribution in [1.29, 1.82) is 0 Å². The minimum Gasteiger partial charge on any atom is -0.361 e. The lowest BCUT2D eigenvalue weighted by Crippen LogP contribution is -2.32. The van der Waals surface area contributed by atoms with Crippen molar-refractivity contribution in [3.63, 3.8) is 0 Å². The third kappa shape index (κ3) is 3.40. The molecular weight excluding hydrogens is 359 g/mol. The van der Waals surface area contributed by atoms with Crippen LogP contribution in [0.2, 0.25) is 0 Å². The van der Waals surface area contributed by atoms with Gasteiger partial charge < -0.3 is 9.42 Å². The first-order valence-electron chi connectivity index (χ1n) is 9.33. The SMILES string of the molecule is Cc1noc(C)c1-c1nccc(C2CCCN2C(=O)Cc2ccccc2F)n1. The van der Waals surface area contributed by atoms with E-state index in [1.807, 2.05) is 19.9 Å². The van der Waals surface area contributed by atoms with Gasteiger partial charge in [-0.1, -0.05) is 23.4 Å². The molecular formula is C21H21FN4O2. The molecule has 144 valence electrons. The fourth-order valence-corrected chi connectivity index (χ4v) is 3.76. The Morgan fingerprint density at radius 3 is 2.86 bits per heavy atom. The van der Waals surface area contributed by atoms with Gasteiger partial charge in [0.1, 0.15) is 11.6 Å². The number of halogens is 1. The van der Waals surface area contributed by atoms with Crippen molar-refractivity contribution in [2.45, 2.75) is 39.2 Å². The zero-order valence-electron chi connectivity index (χ0n) is 15.9. The molecule has 3 aromatic rings. The highest BCUT2D eigenvalue weighted by Gasteiger charge is 2.31. The number of carbonyl (C=O) groups is 1. The second-order valence-electron chi connectivity index (χ2n) is 7.02. The third-order valence-electron chi connectivity index (χ3n) is 5.15. The van der Waals surface area contributed by atoms with Gasteiger partial charge in [0.2, 0.25) is 5.91 Å². The lowest BCUT2D eigenvalue weighted by Gasteiger charge is -2.24. The Kier molecular flexibility index (Phi) is 4.90. The topological polar surface area (TPSA) is 72.1 Å². The normalized spacial score (nSPS) is 16.5. The summed E-state index contributed by atoms with van der Waals surface area (Å²) in [7, 11) is 0. The van der Waals surface area contributed by atoms with Gasteiger partial charge in [0.15, 0.2) is 5.82 Å². The van der Waals surface area contributed by atoms with E-state index in [9.17, 15) is 9.18 Å². The van der Waals surface area contributed by atoms with Crippen LogP contribution in [-0.4, -0.2) is 32.5 Å². The van der Waals surface area contributed by atoms with E-state index in [4.69, 9.17) is 9.51 Å². The number of rotatable bonds is 4. The lowest BCUT2D eigenvalue weighted by molar-refractivity contribution is -0.131. The van der Waals surface area contributed by atoms with Crippen molar-refractivity contribution >= 4 is 5.91 Å². The van der Waals surface area contributed by atoms with Gasteiger partial charge in [-0.15, -0.1) is 0 Å². The predicted molar refractivity (Wildman–Crippen MR) is 101 cm³/mol. The van der Waals surface area contributed by atoms with E-state index in [1.54, 1.807) is 29.3 Å². The molecule has 1 atom stereocenters. The summed E-state index contributed by atoms with van der Waals surface area (Å²) in [5.74, 6) is 0.759. The highest BCUT2D eigenvalue weighted by atomic mass is 19.1. The van der Waals surface area contributed by atoms with Crippen molar-refractivity contribution < 1.29 is 13.7 Å². The van der Waals surface area contributed by atoms with Crippen LogP contribution in [0.1, 0.15) is 41.6 Å². The van der Waals surface area contributed by atoms with Crippen molar-refractivity contribution in [1.82, 2.24) is 20.0 Å². The summed E-state index contributed by atoms with van der Waals surface area (Å²) in [6, 6.07) is 8.10. The zero-order valence-corrected chi connectivity index (χ0v) is 15.9. The Morgan fingerprint density at radius 2 is 2.11 bits per heavy atom. The van der Waals surface area contributed by atoms with Gasteiger partial charge >= 0.3 is 0 Å². The largest absolute Gasteiger partial charge is 0.361 e. The van der Waals surface area contributed by atoms with E-state index in [0.717, 1.165) is 29.8 Å². The monoisotopic (exact) mass is 380 g/mol. The van der Waals surface area contributed by atoms with Crippen LogP contribution in [0.3, 0.4) is 0 Å². The fraction of sp³-hybridized carbons (Fsp3) is 0.333. The maximum atomic E-state index is 13.9. The second kappa shape index (κ2) is 7.50. The van der Waals surface area contributed by atoms with Crippen LogP contribution in [0.15, 0.2) is 41.1 Å². The van der Waals surface area contributed by atoms with E-state index in [-0.39, 0.29) is 24.2 Å². The van der Waals surface area contributed by atoms with Crippen LogP contribution in [0, 0.1) is 19.7 Å². The Labute approximate surface area is 162 Å². The van der Waals surface area contributed by atoms with Gasteiger partial charge in [-0.25, -0.2) is 14.4 Å². The molecule has 0 N–H and O–H groups in total. The summed E-state index contributed by atoms with van der Waals surface area (Å²) >= 11 is 0. The average Bonchev–Trinajstić information content (AvgIpc) is 3.30. The van der Waals surface area contributed by atoms with Crippen molar-refractivity contribution in [3.8, 4) is 11.4 Å². The van der Waals surface area contributed by atoms with Gasteiger partial charge in [-0.2, -0.15) is 0 Å². The number of hydrogen-bond donors (Lipinski definition) is 0. The number of aromatic nitrogens is 3. The Hall–Kier alpha value is -3.09. The third-order valence-corrected chi connectivity index (χ3v) is 5.15. The minimum atomic E-state index is -0.352. The molecule has 7 heteroatoms. The number of benzene rings is 1. The number of aryl methyl sites for hydroxylation is 2.